The summed E-state index contributed by atoms with van der Waals surface area (Å²) in [5.74, 6) is 0.892. The van der Waals surface area contributed by atoms with E-state index in [1.165, 1.54) is 6.42 Å². The minimum Gasteiger partial charge on any atom is -0.315 e. The van der Waals surface area contributed by atoms with Crippen molar-refractivity contribution < 1.29 is 13.2 Å². The van der Waals surface area contributed by atoms with Crippen LogP contribution in [0.2, 0.25) is 0 Å². The molecule has 0 saturated heterocycles. The fraction of sp³-hybridized carbons (Fsp3) is 0.875. The van der Waals surface area contributed by atoms with E-state index in [4.69, 9.17) is 0 Å². The van der Waals surface area contributed by atoms with Gasteiger partial charge in [0.15, 0.2) is 0 Å². The van der Waals surface area contributed by atoms with Gasteiger partial charge in [-0.25, -0.2) is 0 Å². The molecule has 4 nitrogen and oxygen atoms in total. The molecular weight excluding hydrogens is 305 g/mol. The van der Waals surface area contributed by atoms with Crippen LogP contribution in [-0.2, 0) is 19.4 Å². The molecular formula is C16H25F3N4. The van der Waals surface area contributed by atoms with Crippen molar-refractivity contribution in [2.24, 2.45) is 5.92 Å². The van der Waals surface area contributed by atoms with E-state index in [0.29, 0.717) is 13.0 Å². The first-order valence-corrected chi connectivity index (χ1v) is 8.75. The molecule has 0 bridgehead atoms. The number of alkyl halides is 3. The van der Waals surface area contributed by atoms with Crippen LogP contribution in [0.5, 0.6) is 0 Å². The first-order valence-electron chi connectivity index (χ1n) is 8.75. The molecule has 1 aliphatic carbocycles. The van der Waals surface area contributed by atoms with Gasteiger partial charge in [-0.3, -0.25) is 0 Å². The van der Waals surface area contributed by atoms with E-state index in [1.807, 2.05) is 0 Å². The Labute approximate surface area is 134 Å². The molecule has 0 radical (unpaired) electrons. The maximum atomic E-state index is 12.8. The van der Waals surface area contributed by atoms with Crippen molar-refractivity contribution in [3.63, 3.8) is 0 Å². The summed E-state index contributed by atoms with van der Waals surface area (Å²) in [5, 5.41) is 11.8. The minimum absolute atomic E-state index is 0.0260. The third-order valence-corrected chi connectivity index (χ3v) is 5.10. The summed E-state index contributed by atoms with van der Waals surface area (Å²) in [7, 11) is 0. The molecule has 2 heterocycles. The largest absolute Gasteiger partial charge is 0.391 e. The Balaban J connectivity index is 1.49. The number of fused-ring (bicyclic) bond motifs is 1. The summed E-state index contributed by atoms with van der Waals surface area (Å²) in [5.41, 5.74) is 0. The SMILES string of the molecule is FC(F)(F)[C@H]1CCC[C@@H](NCCc2nnc3n2CCCCC3)C1. The van der Waals surface area contributed by atoms with E-state index in [0.717, 1.165) is 50.3 Å². The third-order valence-electron chi connectivity index (χ3n) is 5.10. The molecule has 2 aliphatic rings. The van der Waals surface area contributed by atoms with Gasteiger partial charge in [-0.1, -0.05) is 12.8 Å². The van der Waals surface area contributed by atoms with Crippen molar-refractivity contribution in [1.29, 1.82) is 0 Å². The second-order valence-electron chi connectivity index (χ2n) is 6.80. The Hall–Kier alpha value is -1.11. The number of rotatable bonds is 4. The van der Waals surface area contributed by atoms with Crippen molar-refractivity contribution in [2.45, 2.75) is 76.6 Å². The molecule has 7 heteroatoms. The van der Waals surface area contributed by atoms with Crippen LogP contribution in [0.4, 0.5) is 13.2 Å². The molecule has 0 amide bonds. The lowest BCUT2D eigenvalue weighted by molar-refractivity contribution is -0.183. The van der Waals surface area contributed by atoms with E-state index in [9.17, 15) is 13.2 Å². The number of aromatic nitrogens is 3. The van der Waals surface area contributed by atoms with Gasteiger partial charge in [0.25, 0.3) is 0 Å². The van der Waals surface area contributed by atoms with Crippen molar-refractivity contribution >= 4 is 0 Å². The molecule has 3 rings (SSSR count). The maximum Gasteiger partial charge on any atom is 0.391 e. The predicted molar refractivity (Wildman–Crippen MR) is 81.1 cm³/mol. The molecule has 130 valence electrons. The van der Waals surface area contributed by atoms with Crippen molar-refractivity contribution in [3.05, 3.63) is 11.6 Å². The normalized spacial score (nSPS) is 25.9. The molecule has 23 heavy (non-hydrogen) atoms. The van der Waals surface area contributed by atoms with Gasteiger partial charge in [-0.2, -0.15) is 13.2 Å². The Kier molecular flexibility index (Phi) is 5.24. The van der Waals surface area contributed by atoms with Crippen molar-refractivity contribution in [3.8, 4) is 0 Å². The number of nitrogens with zero attached hydrogens (tertiary/aromatic N) is 3. The van der Waals surface area contributed by atoms with Gasteiger partial charge in [0, 0.05) is 32.0 Å². The van der Waals surface area contributed by atoms with Crippen LogP contribution in [0.1, 0.15) is 56.6 Å². The lowest BCUT2D eigenvalue weighted by atomic mass is 9.85. The summed E-state index contributed by atoms with van der Waals surface area (Å²) in [6.07, 6.45) is 3.19. The van der Waals surface area contributed by atoms with Crippen LogP contribution in [0.15, 0.2) is 0 Å². The zero-order chi connectivity index (χ0) is 16.3. The number of halogens is 3. The summed E-state index contributed by atoms with van der Waals surface area (Å²) >= 11 is 0. The summed E-state index contributed by atoms with van der Waals surface area (Å²) < 4.78 is 40.7. The van der Waals surface area contributed by atoms with Crippen LogP contribution in [0.25, 0.3) is 0 Å². The topological polar surface area (TPSA) is 42.7 Å². The second-order valence-corrected chi connectivity index (χ2v) is 6.80. The molecule has 1 N–H and O–H groups in total. The highest BCUT2D eigenvalue weighted by Crippen LogP contribution is 2.37. The molecule has 0 aromatic carbocycles. The molecule has 1 aromatic heterocycles. The Morgan fingerprint density at radius 3 is 2.78 bits per heavy atom. The van der Waals surface area contributed by atoms with E-state index in [1.54, 1.807) is 0 Å². The average Bonchev–Trinajstić information content (AvgIpc) is 2.75. The summed E-state index contributed by atoms with van der Waals surface area (Å²) in [6.45, 7) is 1.64. The van der Waals surface area contributed by atoms with Gasteiger partial charge in [0.1, 0.15) is 11.6 Å². The van der Waals surface area contributed by atoms with Crippen LogP contribution >= 0.6 is 0 Å². The molecule has 0 spiro atoms. The van der Waals surface area contributed by atoms with Crippen LogP contribution in [-0.4, -0.2) is 33.5 Å². The fourth-order valence-corrected chi connectivity index (χ4v) is 3.79. The second kappa shape index (κ2) is 7.20. The van der Waals surface area contributed by atoms with Crippen LogP contribution in [0.3, 0.4) is 0 Å². The summed E-state index contributed by atoms with van der Waals surface area (Å²) in [4.78, 5) is 0. The van der Waals surface area contributed by atoms with Gasteiger partial charge in [-0.15, -0.1) is 10.2 Å². The Morgan fingerprint density at radius 1 is 1.09 bits per heavy atom. The molecule has 0 unspecified atom stereocenters. The molecule has 1 saturated carbocycles. The number of hydrogen-bond acceptors (Lipinski definition) is 3. The Bertz CT molecular complexity index is 512. The maximum absolute atomic E-state index is 12.8. The van der Waals surface area contributed by atoms with Gasteiger partial charge in [-0.05, 0) is 32.1 Å². The highest BCUT2D eigenvalue weighted by atomic mass is 19.4. The van der Waals surface area contributed by atoms with E-state index in [-0.39, 0.29) is 18.9 Å². The van der Waals surface area contributed by atoms with E-state index in [2.05, 4.69) is 20.1 Å². The van der Waals surface area contributed by atoms with Crippen LogP contribution in [0, 0.1) is 5.92 Å². The van der Waals surface area contributed by atoms with Crippen molar-refractivity contribution in [1.82, 2.24) is 20.1 Å². The lowest BCUT2D eigenvalue weighted by Gasteiger charge is -2.31. The standard InChI is InChI=1S/C16H25F3N4/c17-16(18,19)12-5-4-6-13(11-12)20-9-8-15-22-21-14-7-2-1-3-10-23(14)15/h12-13,20H,1-11H2/t12-,13+/m0/s1. The van der Waals surface area contributed by atoms with Gasteiger partial charge in [0.05, 0.1) is 5.92 Å². The smallest absolute Gasteiger partial charge is 0.315 e. The minimum atomic E-state index is -4.05. The zero-order valence-corrected chi connectivity index (χ0v) is 13.4. The first kappa shape index (κ1) is 16.7. The van der Waals surface area contributed by atoms with Gasteiger partial charge in [0.2, 0.25) is 0 Å². The zero-order valence-electron chi connectivity index (χ0n) is 13.4. The third kappa shape index (κ3) is 4.25. The van der Waals surface area contributed by atoms with Crippen LogP contribution < -0.4 is 5.32 Å². The lowest BCUT2D eigenvalue weighted by Crippen LogP contribution is -2.39. The summed E-state index contributed by atoms with van der Waals surface area (Å²) in [6, 6.07) is -0.0260. The molecule has 1 aliphatic heterocycles. The molecule has 2 atom stereocenters. The van der Waals surface area contributed by atoms with E-state index < -0.39 is 12.1 Å². The van der Waals surface area contributed by atoms with Gasteiger partial charge >= 0.3 is 6.18 Å². The monoisotopic (exact) mass is 330 g/mol. The first-order chi connectivity index (χ1) is 11.0. The Morgan fingerprint density at radius 2 is 1.96 bits per heavy atom. The fourth-order valence-electron chi connectivity index (χ4n) is 3.79. The highest BCUT2D eigenvalue weighted by molar-refractivity contribution is 4.98. The van der Waals surface area contributed by atoms with Gasteiger partial charge < -0.3 is 9.88 Å². The number of aryl methyl sites for hydroxylation is 1. The quantitative estimate of drug-likeness (QED) is 0.921. The molecule has 1 aromatic rings. The molecule has 1 fully saturated rings. The average molecular weight is 330 g/mol. The number of hydrogen-bond donors (Lipinski definition) is 1. The predicted octanol–water partition coefficient (Wildman–Crippen LogP) is 3.26. The van der Waals surface area contributed by atoms with E-state index >= 15 is 0 Å². The highest BCUT2D eigenvalue weighted by Gasteiger charge is 2.41. The number of nitrogens with one attached hydrogen (secondary N) is 1. The van der Waals surface area contributed by atoms with Crippen molar-refractivity contribution in [2.75, 3.05) is 6.54 Å².